The molecular weight excluding hydrogens is 206 g/mol. The summed E-state index contributed by atoms with van der Waals surface area (Å²) >= 11 is 0. The zero-order valence-corrected chi connectivity index (χ0v) is 10.0. The Morgan fingerprint density at radius 2 is 2.00 bits per heavy atom. The van der Waals surface area contributed by atoms with Crippen LogP contribution < -0.4 is 0 Å². The second-order valence-electron chi connectivity index (χ2n) is 3.78. The highest BCUT2D eigenvalue weighted by molar-refractivity contribution is 5.20. The molecule has 0 fully saturated rings. The highest BCUT2D eigenvalue weighted by atomic mass is 19.2. The zero-order valence-electron chi connectivity index (χ0n) is 10.0. The van der Waals surface area contributed by atoms with Crippen LogP contribution in [0.3, 0.4) is 0 Å². The third-order valence-corrected chi connectivity index (χ3v) is 2.26. The molecule has 0 aromatic heterocycles. The molecule has 0 rings (SSSR count). The molecule has 1 atom stereocenters. The molecule has 0 radical (unpaired) electrons. The van der Waals surface area contributed by atoms with Gasteiger partial charge in [-0.25, -0.2) is 8.78 Å². The van der Waals surface area contributed by atoms with Gasteiger partial charge in [0.05, 0.1) is 0 Å². The second kappa shape index (κ2) is 9.08. The van der Waals surface area contributed by atoms with Gasteiger partial charge in [0.25, 0.3) is 0 Å². The normalized spacial score (nSPS) is 15.5. The van der Waals surface area contributed by atoms with Crippen molar-refractivity contribution < 1.29 is 8.78 Å². The highest BCUT2D eigenvalue weighted by Crippen LogP contribution is 2.08. The maximum Gasteiger partial charge on any atom is 0.141 e. The Labute approximate surface area is 97.1 Å². The molecule has 16 heavy (non-hydrogen) atoms. The number of alkyl halides is 1. The fraction of sp³-hybridized carbons (Fsp3) is 0.429. The van der Waals surface area contributed by atoms with Gasteiger partial charge < -0.3 is 0 Å². The third kappa shape index (κ3) is 7.16. The lowest BCUT2D eigenvalue weighted by atomic mass is 10.1. The molecule has 0 aromatic rings. The number of rotatable bonds is 7. The van der Waals surface area contributed by atoms with Gasteiger partial charge in [-0.15, -0.1) is 6.58 Å². The zero-order chi connectivity index (χ0) is 12.4. The van der Waals surface area contributed by atoms with Gasteiger partial charge in [0.1, 0.15) is 12.5 Å². The van der Waals surface area contributed by atoms with Crippen molar-refractivity contribution in [2.45, 2.75) is 26.7 Å². The lowest BCUT2D eigenvalue weighted by Gasteiger charge is -1.97. The Morgan fingerprint density at radius 1 is 1.31 bits per heavy atom. The summed E-state index contributed by atoms with van der Waals surface area (Å²) in [4.78, 5) is 0. The molecule has 0 N–H and O–H groups in total. The van der Waals surface area contributed by atoms with E-state index >= 15 is 0 Å². The van der Waals surface area contributed by atoms with E-state index in [4.69, 9.17) is 0 Å². The molecular formula is C14H20F2. The Hall–Kier alpha value is -1.18. The highest BCUT2D eigenvalue weighted by Gasteiger charge is 1.95. The SMILES string of the molecule is C=CC(C)C/C=C/C/C=C\C(C)=C(\F)CF. The molecule has 0 aliphatic heterocycles. The first kappa shape index (κ1) is 14.8. The van der Waals surface area contributed by atoms with E-state index in [1.807, 2.05) is 18.2 Å². The van der Waals surface area contributed by atoms with Crippen LogP contribution in [0.5, 0.6) is 0 Å². The van der Waals surface area contributed by atoms with Crippen molar-refractivity contribution >= 4 is 0 Å². The molecule has 0 aliphatic carbocycles. The van der Waals surface area contributed by atoms with Crippen molar-refractivity contribution in [3.8, 4) is 0 Å². The minimum atomic E-state index is -1.02. The van der Waals surface area contributed by atoms with Gasteiger partial charge in [-0.05, 0) is 31.3 Å². The minimum absolute atomic E-state index is 0.357. The Bertz CT molecular complexity index is 285. The average Bonchev–Trinajstić information content (AvgIpc) is 2.31. The van der Waals surface area contributed by atoms with E-state index < -0.39 is 12.5 Å². The molecule has 2 heteroatoms. The number of allylic oxidation sites excluding steroid dienone is 7. The lowest BCUT2D eigenvalue weighted by Crippen LogP contribution is -1.83. The van der Waals surface area contributed by atoms with Gasteiger partial charge in [0, 0.05) is 0 Å². The summed E-state index contributed by atoms with van der Waals surface area (Å²) in [5.74, 6) is -0.216. The van der Waals surface area contributed by atoms with Crippen LogP contribution in [0.4, 0.5) is 8.78 Å². The maximum absolute atomic E-state index is 12.7. The predicted octanol–water partition coefficient (Wildman–Crippen LogP) is 4.91. The van der Waals surface area contributed by atoms with E-state index in [-0.39, 0.29) is 0 Å². The molecule has 0 heterocycles. The number of hydrogen-bond acceptors (Lipinski definition) is 0. The van der Waals surface area contributed by atoms with E-state index in [1.54, 1.807) is 13.0 Å². The first-order chi connectivity index (χ1) is 7.61. The summed E-state index contributed by atoms with van der Waals surface area (Å²) in [6.45, 7) is 6.33. The Balaban J connectivity index is 3.90. The van der Waals surface area contributed by atoms with Crippen molar-refractivity contribution in [2.75, 3.05) is 6.67 Å². The van der Waals surface area contributed by atoms with Gasteiger partial charge in [-0.2, -0.15) is 0 Å². The van der Waals surface area contributed by atoms with E-state index in [9.17, 15) is 8.78 Å². The smallest absolute Gasteiger partial charge is 0.141 e. The Morgan fingerprint density at radius 3 is 2.56 bits per heavy atom. The number of hydrogen-bond donors (Lipinski definition) is 0. The molecule has 0 aliphatic rings. The van der Waals surface area contributed by atoms with Crippen LogP contribution in [0.1, 0.15) is 26.7 Å². The van der Waals surface area contributed by atoms with Gasteiger partial charge in [-0.1, -0.05) is 37.3 Å². The summed E-state index contributed by atoms with van der Waals surface area (Å²) in [6.07, 6.45) is 11.1. The maximum atomic E-state index is 12.7. The van der Waals surface area contributed by atoms with E-state index in [0.717, 1.165) is 12.8 Å². The van der Waals surface area contributed by atoms with Gasteiger partial charge in [0.15, 0.2) is 0 Å². The number of halogens is 2. The average molecular weight is 226 g/mol. The van der Waals surface area contributed by atoms with Crippen molar-refractivity contribution in [1.82, 2.24) is 0 Å². The van der Waals surface area contributed by atoms with Crippen LogP contribution in [0, 0.1) is 5.92 Å². The lowest BCUT2D eigenvalue weighted by molar-refractivity contribution is 0.455. The molecule has 0 saturated carbocycles. The molecule has 90 valence electrons. The molecule has 0 aromatic carbocycles. The quantitative estimate of drug-likeness (QED) is 0.427. The second-order valence-corrected chi connectivity index (χ2v) is 3.78. The molecule has 0 bridgehead atoms. The van der Waals surface area contributed by atoms with Crippen molar-refractivity contribution in [3.63, 3.8) is 0 Å². The molecule has 1 unspecified atom stereocenters. The minimum Gasteiger partial charge on any atom is -0.243 e. The van der Waals surface area contributed by atoms with Gasteiger partial charge in [0.2, 0.25) is 0 Å². The van der Waals surface area contributed by atoms with Crippen molar-refractivity contribution in [2.24, 2.45) is 5.92 Å². The van der Waals surface area contributed by atoms with Crippen LogP contribution in [-0.4, -0.2) is 6.67 Å². The first-order valence-electron chi connectivity index (χ1n) is 5.47. The van der Waals surface area contributed by atoms with E-state index in [0.29, 0.717) is 11.5 Å². The van der Waals surface area contributed by atoms with Gasteiger partial charge in [-0.3, -0.25) is 0 Å². The van der Waals surface area contributed by atoms with Crippen LogP contribution >= 0.6 is 0 Å². The van der Waals surface area contributed by atoms with E-state index in [1.165, 1.54) is 0 Å². The summed E-state index contributed by atoms with van der Waals surface area (Å²) in [6, 6.07) is 0. The van der Waals surface area contributed by atoms with Crippen LogP contribution in [0.2, 0.25) is 0 Å². The fourth-order valence-electron chi connectivity index (χ4n) is 1.02. The Kier molecular flexibility index (Phi) is 8.41. The summed E-state index contributed by atoms with van der Waals surface area (Å²) in [5, 5.41) is 0. The molecule has 0 amide bonds. The monoisotopic (exact) mass is 226 g/mol. The van der Waals surface area contributed by atoms with E-state index in [2.05, 4.69) is 19.6 Å². The van der Waals surface area contributed by atoms with Crippen LogP contribution in [0.15, 0.2) is 48.4 Å². The topological polar surface area (TPSA) is 0 Å². The molecule has 0 saturated heterocycles. The largest absolute Gasteiger partial charge is 0.243 e. The molecule has 0 spiro atoms. The molecule has 0 nitrogen and oxygen atoms in total. The van der Waals surface area contributed by atoms with Crippen molar-refractivity contribution in [1.29, 1.82) is 0 Å². The van der Waals surface area contributed by atoms with Crippen LogP contribution in [-0.2, 0) is 0 Å². The third-order valence-electron chi connectivity index (χ3n) is 2.26. The first-order valence-corrected chi connectivity index (χ1v) is 5.47. The summed E-state index contributed by atoms with van der Waals surface area (Å²) in [7, 11) is 0. The van der Waals surface area contributed by atoms with Crippen molar-refractivity contribution in [3.05, 3.63) is 48.4 Å². The van der Waals surface area contributed by atoms with Crippen LogP contribution in [0.25, 0.3) is 0 Å². The summed E-state index contributed by atoms with van der Waals surface area (Å²) < 4.78 is 24.6. The summed E-state index contributed by atoms with van der Waals surface area (Å²) in [5.41, 5.74) is 0.357. The predicted molar refractivity (Wildman–Crippen MR) is 66.7 cm³/mol. The standard InChI is InChI=1S/C14H20F2/c1-4-12(2)9-7-5-6-8-10-13(3)14(16)11-15/h4-5,7-8,10,12H,1,6,9,11H2,2-3H3/b7-5+,10-8-,14-13+. The fourth-order valence-corrected chi connectivity index (χ4v) is 1.02. The van der Waals surface area contributed by atoms with Gasteiger partial charge >= 0.3 is 0 Å².